The van der Waals surface area contributed by atoms with Crippen LogP contribution in [0.2, 0.25) is 0 Å². The molecule has 0 unspecified atom stereocenters. The summed E-state index contributed by atoms with van der Waals surface area (Å²) in [5, 5.41) is 0. The fourth-order valence-corrected chi connectivity index (χ4v) is 0. The number of hydrogen-bond acceptors (Lipinski definition) is 3. The van der Waals surface area contributed by atoms with Gasteiger partial charge < -0.3 is 20.1 Å². The molecule has 0 aliphatic rings. The zero-order valence-corrected chi connectivity index (χ0v) is 9.45. The van der Waals surface area contributed by atoms with E-state index in [2.05, 4.69) is 0 Å². The average Bonchev–Trinajstić information content (AvgIpc) is 0.811. The molecule has 0 saturated carbocycles. The molecule has 0 amide bonds. The van der Waals surface area contributed by atoms with Crippen LogP contribution in [0.1, 0.15) is 0 Å². The zero-order valence-electron chi connectivity index (χ0n) is 4.63. The van der Waals surface area contributed by atoms with Crippen LogP contribution in [0.4, 0.5) is 0 Å². The molecule has 4 N–H and O–H groups in total. The van der Waals surface area contributed by atoms with Gasteiger partial charge in [0.2, 0.25) is 0 Å². The van der Waals surface area contributed by atoms with Crippen molar-refractivity contribution >= 4 is 40.9 Å². The third-order valence-electron chi connectivity index (χ3n) is 0. The third kappa shape index (κ3) is 99.4. The topological polar surface area (TPSA) is 126 Å². The van der Waals surface area contributed by atoms with Gasteiger partial charge in [-0.05, 0) is 0 Å². The van der Waals surface area contributed by atoms with Crippen molar-refractivity contribution in [2.45, 2.75) is 0 Å². The Kier molecular flexibility index (Phi) is 137. The van der Waals surface area contributed by atoms with E-state index >= 15 is 0 Å². The van der Waals surface area contributed by atoms with Crippen LogP contribution in [0, 0.1) is 0 Å². The summed E-state index contributed by atoms with van der Waals surface area (Å²) in [6.07, 6.45) is 0. The Bertz CT molecular complexity index is 35.2. The summed E-state index contributed by atoms with van der Waals surface area (Å²) in [5.41, 5.74) is 0. The molecular formula is H5Na3O5S. The van der Waals surface area contributed by atoms with Gasteiger partial charge >= 0.3 is 88.7 Å². The number of rotatable bonds is 0. The van der Waals surface area contributed by atoms with E-state index in [0.717, 1.165) is 0 Å². The molecule has 0 bridgehead atoms. The van der Waals surface area contributed by atoms with Crippen LogP contribution in [-0.4, -0.2) is 53.8 Å². The molecule has 0 aliphatic carbocycles. The van der Waals surface area contributed by atoms with E-state index in [1.807, 2.05) is 0 Å². The van der Waals surface area contributed by atoms with Gasteiger partial charge in [-0.3, -0.25) is 4.21 Å². The van der Waals surface area contributed by atoms with Gasteiger partial charge in [0.15, 0.2) is 0 Å². The van der Waals surface area contributed by atoms with Gasteiger partial charge in [-0.2, -0.15) is 0 Å². The molecule has 0 saturated heterocycles. The fourth-order valence-electron chi connectivity index (χ4n) is 0. The second kappa shape index (κ2) is 30.6. The quantitative estimate of drug-likeness (QED) is 0.275. The Morgan fingerprint density at radius 2 is 1.00 bits per heavy atom. The van der Waals surface area contributed by atoms with Crippen molar-refractivity contribution in [2.24, 2.45) is 0 Å². The van der Waals surface area contributed by atoms with Crippen LogP contribution in [-0.2, 0) is 11.4 Å². The van der Waals surface area contributed by atoms with E-state index < -0.39 is 11.4 Å². The van der Waals surface area contributed by atoms with Crippen LogP contribution in [0.3, 0.4) is 0 Å². The van der Waals surface area contributed by atoms with Crippen LogP contribution in [0.25, 0.3) is 0 Å². The van der Waals surface area contributed by atoms with Gasteiger partial charge in [-0.1, -0.05) is 0 Å². The Morgan fingerprint density at radius 1 is 1.00 bits per heavy atom. The molecule has 0 rings (SSSR count). The second-order valence-electron chi connectivity index (χ2n) is 0.204. The molecule has 0 aliphatic heterocycles. The van der Waals surface area contributed by atoms with Crippen LogP contribution >= 0.6 is 0 Å². The Morgan fingerprint density at radius 3 is 1.00 bits per heavy atom. The SMILES string of the molecule is O.O.O=S([O-])[O-].[Na+].[Na+].[NaH]. The van der Waals surface area contributed by atoms with Crippen LogP contribution in [0.15, 0.2) is 0 Å². The summed E-state index contributed by atoms with van der Waals surface area (Å²) in [5.74, 6) is 0. The summed E-state index contributed by atoms with van der Waals surface area (Å²) in [4.78, 5) is 0. The first kappa shape index (κ1) is 40.4. The molecule has 0 aromatic heterocycles. The standard InChI is InChI=1S/3Na.H2O3S.2H2O.H/c;;;1-4(2)3;;;/h;;;(H2,1,2,3);2*1H2;/q;2*+1;;;;/p-2. The van der Waals surface area contributed by atoms with E-state index in [4.69, 9.17) is 13.3 Å². The van der Waals surface area contributed by atoms with Gasteiger partial charge in [-0.25, -0.2) is 0 Å². The molecule has 0 radical (unpaired) electrons. The van der Waals surface area contributed by atoms with Crippen molar-refractivity contribution in [1.29, 1.82) is 0 Å². The first-order chi connectivity index (χ1) is 1.73. The molecule has 0 atom stereocenters. The Balaban J connectivity index is -0.00000000450. The molecule has 0 heterocycles. The van der Waals surface area contributed by atoms with Gasteiger partial charge in [0.05, 0.1) is 0 Å². The second-order valence-corrected chi connectivity index (χ2v) is 0.612. The summed E-state index contributed by atoms with van der Waals surface area (Å²) < 4.78 is 25.3. The summed E-state index contributed by atoms with van der Waals surface area (Å²) >= 11 is -3.11. The Labute approximate surface area is 122 Å². The van der Waals surface area contributed by atoms with Gasteiger partial charge in [0.25, 0.3) is 0 Å². The third-order valence-corrected chi connectivity index (χ3v) is 0. The van der Waals surface area contributed by atoms with Crippen molar-refractivity contribution in [3.63, 3.8) is 0 Å². The molecule has 0 spiro atoms. The maximum atomic E-state index is 8.44. The van der Waals surface area contributed by atoms with Crippen molar-refractivity contribution in [2.75, 3.05) is 0 Å². The minimum absolute atomic E-state index is 0. The molecule has 9 heteroatoms. The Hall–Kier alpha value is 2.99. The average molecular weight is 186 g/mol. The van der Waals surface area contributed by atoms with Crippen LogP contribution in [0.5, 0.6) is 0 Å². The van der Waals surface area contributed by atoms with E-state index in [9.17, 15) is 0 Å². The molecule has 9 heavy (non-hydrogen) atoms. The zero-order chi connectivity index (χ0) is 3.58. The normalized spacial score (nSPS) is 3.89. The molecule has 5 nitrogen and oxygen atoms in total. The minimum atomic E-state index is -3.11. The van der Waals surface area contributed by atoms with E-state index in [-0.39, 0.29) is 99.6 Å². The summed E-state index contributed by atoms with van der Waals surface area (Å²) in [6, 6.07) is 0. The van der Waals surface area contributed by atoms with Crippen molar-refractivity contribution in [1.82, 2.24) is 0 Å². The van der Waals surface area contributed by atoms with Gasteiger partial charge in [0, 0.05) is 0 Å². The van der Waals surface area contributed by atoms with E-state index in [1.165, 1.54) is 0 Å². The summed E-state index contributed by atoms with van der Waals surface area (Å²) in [6.45, 7) is 0. The molecule has 0 aromatic rings. The van der Waals surface area contributed by atoms with Crippen LogP contribution < -0.4 is 59.1 Å². The van der Waals surface area contributed by atoms with E-state index in [0.29, 0.717) is 0 Å². The summed E-state index contributed by atoms with van der Waals surface area (Å²) in [7, 11) is 0. The van der Waals surface area contributed by atoms with E-state index in [1.54, 1.807) is 0 Å². The first-order valence-electron chi connectivity index (χ1n) is 0.500. The number of hydrogen-bond donors (Lipinski definition) is 0. The van der Waals surface area contributed by atoms with Crippen molar-refractivity contribution < 1.29 is 83.4 Å². The molecular weight excluding hydrogens is 181 g/mol. The van der Waals surface area contributed by atoms with Crippen molar-refractivity contribution in [3.8, 4) is 0 Å². The first-order valence-corrected chi connectivity index (χ1v) is 1.50. The predicted molar refractivity (Wildman–Crippen MR) is 24.1 cm³/mol. The monoisotopic (exact) mass is 186 g/mol. The fraction of sp³-hybridized carbons (Fsp3) is 0. The molecule has 0 fully saturated rings. The molecule has 0 aromatic carbocycles. The molecule has 44 valence electrons. The van der Waals surface area contributed by atoms with Gasteiger partial charge in [0.1, 0.15) is 0 Å². The van der Waals surface area contributed by atoms with Gasteiger partial charge in [-0.15, -0.1) is 11.4 Å². The van der Waals surface area contributed by atoms with Crippen molar-refractivity contribution in [3.05, 3.63) is 0 Å². The predicted octanol–water partition coefficient (Wildman–Crippen LogP) is -9.29. The maximum absolute atomic E-state index is 8.44.